The molecule has 0 saturated heterocycles. The number of esters is 2. The SMILES string of the molecule is CCOC(=O)C=C(C)CC(=O)CCCCCCC(=O)OCC. The van der Waals surface area contributed by atoms with Crippen molar-refractivity contribution >= 4 is 17.7 Å². The van der Waals surface area contributed by atoms with Crippen molar-refractivity contribution in [3.05, 3.63) is 11.6 Å². The molecule has 126 valence electrons. The first kappa shape index (κ1) is 20.3. The molecule has 0 amide bonds. The van der Waals surface area contributed by atoms with Gasteiger partial charge in [-0.3, -0.25) is 9.59 Å². The average molecular weight is 312 g/mol. The Morgan fingerprint density at radius 3 is 2.05 bits per heavy atom. The van der Waals surface area contributed by atoms with E-state index in [0.717, 1.165) is 31.3 Å². The predicted molar refractivity (Wildman–Crippen MR) is 84.3 cm³/mol. The van der Waals surface area contributed by atoms with Crippen molar-refractivity contribution in [1.29, 1.82) is 0 Å². The number of allylic oxidation sites excluding steroid dienone is 1. The van der Waals surface area contributed by atoms with Crippen molar-refractivity contribution in [2.24, 2.45) is 0 Å². The van der Waals surface area contributed by atoms with Gasteiger partial charge in [0, 0.05) is 25.3 Å². The van der Waals surface area contributed by atoms with Crippen LogP contribution >= 0.6 is 0 Å². The lowest BCUT2D eigenvalue weighted by Gasteiger charge is -2.03. The second-order valence-electron chi connectivity index (χ2n) is 5.18. The van der Waals surface area contributed by atoms with Gasteiger partial charge in [-0.15, -0.1) is 0 Å². The van der Waals surface area contributed by atoms with Gasteiger partial charge in [0.25, 0.3) is 0 Å². The second kappa shape index (κ2) is 13.0. The minimum Gasteiger partial charge on any atom is -0.466 e. The quantitative estimate of drug-likeness (QED) is 0.314. The Morgan fingerprint density at radius 1 is 0.864 bits per heavy atom. The van der Waals surface area contributed by atoms with Gasteiger partial charge in [-0.1, -0.05) is 18.4 Å². The summed E-state index contributed by atoms with van der Waals surface area (Å²) >= 11 is 0. The Hall–Kier alpha value is -1.65. The fourth-order valence-electron chi connectivity index (χ4n) is 2.01. The predicted octanol–water partition coefficient (Wildman–Crippen LogP) is 3.36. The zero-order valence-corrected chi connectivity index (χ0v) is 14.0. The number of ether oxygens (including phenoxy) is 2. The van der Waals surface area contributed by atoms with Crippen molar-refractivity contribution in [2.45, 2.75) is 65.7 Å². The van der Waals surface area contributed by atoms with E-state index < -0.39 is 5.97 Å². The second-order valence-corrected chi connectivity index (χ2v) is 5.18. The lowest BCUT2D eigenvalue weighted by atomic mass is 10.0. The largest absolute Gasteiger partial charge is 0.466 e. The highest BCUT2D eigenvalue weighted by Crippen LogP contribution is 2.10. The van der Waals surface area contributed by atoms with Gasteiger partial charge in [-0.25, -0.2) is 4.79 Å². The fraction of sp³-hybridized carbons (Fsp3) is 0.706. The van der Waals surface area contributed by atoms with E-state index in [1.807, 2.05) is 0 Å². The van der Waals surface area contributed by atoms with Crippen molar-refractivity contribution < 1.29 is 23.9 Å². The zero-order valence-electron chi connectivity index (χ0n) is 14.0. The Balaban J connectivity index is 3.69. The van der Waals surface area contributed by atoms with Crippen LogP contribution in [0.5, 0.6) is 0 Å². The Bertz CT molecular complexity index is 385. The number of Topliss-reactive ketones (excluding diaryl/α,β-unsaturated/α-hetero) is 1. The van der Waals surface area contributed by atoms with E-state index in [4.69, 9.17) is 9.47 Å². The van der Waals surface area contributed by atoms with Crippen LogP contribution in [0.3, 0.4) is 0 Å². The summed E-state index contributed by atoms with van der Waals surface area (Å²) in [6.07, 6.45) is 6.08. The third-order valence-corrected chi connectivity index (χ3v) is 3.02. The lowest BCUT2D eigenvalue weighted by molar-refractivity contribution is -0.143. The zero-order chi connectivity index (χ0) is 16.8. The molecule has 22 heavy (non-hydrogen) atoms. The van der Waals surface area contributed by atoms with E-state index in [1.54, 1.807) is 20.8 Å². The standard InChI is InChI=1S/C17H28O5/c1-4-21-16(19)11-9-7-6-8-10-15(18)12-14(3)13-17(20)22-5-2/h13H,4-12H2,1-3H3. The van der Waals surface area contributed by atoms with Gasteiger partial charge in [0.1, 0.15) is 5.78 Å². The van der Waals surface area contributed by atoms with Gasteiger partial charge in [-0.05, 0) is 33.6 Å². The molecule has 0 spiro atoms. The molecule has 0 unspecified atom stereocenters. The molecule has 0 aliphatic carbocycles. The van der Waals surface area contributed by atoms with Crippen LogP contribution in [0, 0.1) is 0 Å². The van der Waals surface area contributed by atoms with Crippen LogP contribution in [0.25, 0.3) is 0 Å². The molecule has 0 radical (unpaired) electrons. The summed E-state index contributed by atoms with van der Waals surface area (Å²) in [4.78, 5) is 34.1. The van der Waals surface area contributed by atoms with E-state index in [-0.39, 0.29) is 11.8 Å². The van der Waals surface area contributed by atoms with Gasteiger partial charge in [0.05, 0.1) is 13.2 Å². The smallest absolute Gasteiger partial charge is 0.330 e. The van der Waals surface area contributed by atoms with Crippen LogP contribution in [-0.4, -0.2) is 30.9 Å². The van der Waals surface area contributed by atoms with Crippen LogP contribution in [0.2, 0.25) is 0 Å². The molecule has 0 heterocycles. The number of ketones is 1. The van der Waals surface area contributed by atoms with Crippen LogP contribution < -0.4 is 0 Å². The number of hydrogen-bond acceptors (Lipinski definition) is 5. The molecule has 0 N–H and O–H groups in total. The van der Waals surface area contributed by atoms with E-state index in [9.17, 15) is 14.4 Å². The maximum absolute atomic E-state index is 11.8. The fourth-order valence-corrected chi connectivity index (χ4v) is 2.01. The Kier molecular flexibility index (Phi) is 12.1. The lowest BCUT2D eigenvalue weighted by Crippen LogP contribution is -2.04. The van der Waals surface area contributed by atoms with Crippen molar-refractivity contribution in [1.82, 2.24) is 0 Å². The molecule has 0 rings (SSSR count). The molecule has 0 aromatic carbocycles. The van der Waals surface area contributed by atoms with Crippen molar-refractivity contribution in [3.63, 3.8) is 0 Å². The molecular formula is C17H28O5. The number of unbranched alkanes of at least 4 members (excludes halogenated alkanes) is 3. The summed E-state index contributed by atoms with van der Waals surface area (Å²) in [5, 5.41) is 0. The van der Waals surface area contributed by atoms with Crippen LogP contribution in [-0.2, 0) is 23.9 Å². The topological polar surface area (TPSA) is 69.7 Å². The highest BCUT2D eigenvalue weighted by Gasteiger charge is 2.06. The van der Waals surface area contributed by atoms with Crippen LogP contribution in [0.15, 0.2) is 11.6 Å². The van der Waals surface area contributed by atoms with Crippen LogP contribution in [0.1, 0.15) is 65.7 Å². The van der Waals surface area contributed by atoms with Gasteiger partial charge < -0.3 is 9.47 Å². The average Bonchev–Trinajstić information content (AvgIpc) is 2.42. The normalized spacial score (nSPS) is 11.1. The van der Waals surface area contributed by atoms with Crippen LogP contribution in [0.4, 0.5) is 0 Å². The monoisotopic (exact) mass is 312 g/mol. The van der Waals surface area contributed by atoms with Gasteiger partial charge in [0.2, 0.25) is 0 Å². The van der Waals surface area contributed by atoms with E-state index >= 15 is 0 Å². The Labute approximate surface area is 133 Å². The molecule has 0 fully saturated rings. The minimum atomic E-state index is -0.397. The summed E-state index contributed by atoms with van der Waals surface area (Å²) in [6, 6.07) is 0. The first-order valence-corrected chi connectivity index (χ1v) is 8.00. The third kappa shape index (κ3) is 12.1. The molecule has 0 aliphatic heterocycles. The van der Waals surface area contributed by atoms with E-state index in [2.05, 4.69) is 0 Å². The number of rotatable bonds is 12. The molecule has 0 aromatic heterocycles. The first-order valence-electron chi connectivity index (χ1n) is 8.00. The van der Waals surface area contributed by atoms with Gasteiger partial charge >= 0.3 is 11.9 Å². The van der Waals surface area contributed by atoms with Crippen molar-refractivity contribution in [3.8, 4) is 0 Å². The summed E-state index contributed by atoms with van der Waals surface area (Å²) < 4.78 is 9.63. The highest BCUT2D eigenvalue weighted by molar-refractivity contribution is 5.86. The van der Waals surface area contributed by atoms with Crippen molar-refractivity contribution in [2.75, 3.05) is 13.2 Å². The van der Waals surface area contributed by atoms with E-state index in [1.165, 1.54) is 6.08 Å². The van der Waals surface area contributed by atoms with E-state index in [0.29, 0.717) is 32.5 Å². The molecule has 5 nitrogen and oxygen atoms in total. The number of carbonyl (C=O) groups is 3. The highest BCUT2D eigenvalue weighted by atomic mass is 16.5. The maximum Gasteiger partial charge on any atom is 0.330 e. The molecule has 5 heteroatoms. The summed E-state index contributed by atoms with van der Waals surface area (Å²) in [5.41, 5.74) is 0.728. The number of carbonyl (C=O) groups excluding carboxylic acids is 3. The van der Waals surface area contributed by atoms with Gasteiger partial charge in [-0.2, -0.15) is 0 Å². The Morgan fingerprint density at radius 2 is 1.45 bits per heavy atom. The summed E-state index contributed by atoms with van der Waals surface area (Å²) in [5.74, 6) is -0.423. The third-order valence-electron chi connectivity index (χ3n) is 3.02. The molecule has 0 aromatic rings. The molecule has 0 aliphatic rings. The summed E-state index contributed by atoms with van der Waals surface area (Å²) in [6.45, 7) is 6.05. The molecule has 0 bridgehead atoms. The first-order chi connectivity index (χ1) is 10.5. The molecule has 0 saturated carbocycles. The maximum atomic E-state index is 11.8. The molecule has 0 atom stereocenters. The van der Waals surface area contributed by atoms with Gasteiger partial charge in [0.15, 0.2) is 0 Å². The summed E-state index contributed by atoms with van der Waals surface area (Å²) in [7, 11) is 0. The number of hydrogen-bond donors (Lipinski definition) is 0. The minimum absolute atomic E-state index is 0.128. The molecular weight excluding hydrogens is 284 g/mol.